The van der Waals surface area contributed by atoms with Gasteiger partial charge >= 0.3 is 0 Å². The van der Waals surface area contributed by atoms with Gasteiger partial charge in [0.1, 0.15) is 16.4 Å². The number of aromatic nitrogens is 1. The Morgan fingerprint density at radius 3 is 2.56 bits per heavy atom. The van der Waals surface area contributed by atoms with Crippen molar-refractivity contribution in [3.8, 4) is 11.5 Å². The molecular weight excluding hydrogens is 368 g/mol. The molecule has 0 spiro atoms. The van der Waals surface area contributed by atoms with E-state index in [-0.39, 0.29) is 29.2 Å². The van der Waals surface area contributed by atoms with E-state index in [2.05, 4.69) is 9.71 Å². The van der Waals surface area contributed by atoms with Crippen LogP contribution in [-0.2, 0) is 16.4 Å². The van der Waals surface area contributed by atoms with Crippen molar-refractivity contribution >= 4 is 20.9 Å². The van der Waals surface area contributed by atoms with Gasteiger partial charge in [-0.15, -0.1) is 0 Å². The predicted molar refractivity (Wildman–Crippen MR) is 103 cm³/mol. The Hall–Kier alpha value is -2.84. The maximum atomic E-state index is 12.6. The number of nitrogens with one attached hydrogen (secondary N) is 2. The molecule has 7 nitrogen and oxygen atoms in total. The average Bonchev–Trinajstić information content (AvgIpc) is 2.67. The van der Waals surface area contributed by atoms with E-state index in [0.717, 1.165) is 10.9 Å². The number of hydrogen-bond donors (Lipinski definition) is 2. The van der Waals surface area contributed by atoms with Crippen LogP contribution >= 0.6 is 0 Å². The van der Waals surface area contributed by atoms with Gasteiger partial charge in [-0.05, 0) is 36.1 Å². The van der Waals surface area contributed by atoms with E-state index >= 15 is 0 Å². The molecule has 3 rings (SSSR count). The van der Waals surface area contributed by atoms with E-state index < -0.39 is 10.0 Å². The number of hydrogen-bond acceptors (Lipinski definition) is 5. The summed E-state index contributed by atoms with van der Waals surface area (Å²) in [6.07, 6.45) is 0.262. The third kappa shape index (κ3) is 4.12. The zero-order valence-corrected chi connectivity index (χ0v) is 15.8. The van der Waals surface area contributed by atoms with Gasteiger partial charge in [0, 0.05) is 23.7 Å². The van der Waals surface area contributed by atoms with Crippen molar-refractivity contribution in [2.45, 2.75) is 11.3 Å². The zero-order valence-electron chi connectivity index (χ0n) is 15.0. The summed E-state index contributed by atoms with van der Waals surface area (Å²) >= 11 is 0. The second kappa shape index (κ2) is 7.81. The lowest BCUT2D eigenvalue weighted by Gasteiger charge is -2.12. The zero-order chi connectivity index (χ0) is 19.4. The van der Waals surface area contributed by atoms with E-state index in [9.17, 15) is 13.2 Å². The van der Waals surface area contributed by atoms with E-state index in [1.807, 2.05) is 24.3 Å². The molecule has 0 radical (unpaired) electrons. The summed E-state index contributed by atoms with van der Waals surface area (Å²) < 4.78 is 37.9. The second-order valence-electron chi connectivity index (χ2n) is 5.88. The molecule has 0 atom stereocenters. The summed E-state index contributed by atoms with van der Waals surface area (Å²) in [5.41, 5.74) is 1.03. The minimum Gasteiger partial charge on any atom is -0.497 e. The van der Waals surface area contributed by atoms with Crippen LogP contribution in [0.4, 0.5) is 0 Å². The van der Waals surface area contributed by atoms with Crippen LogP contribution < -0.4 is 19.8 Å². The molecule has 0 bridgehead atoms. The molecule has 0 aliphatic rings. The first kappa shape index (κ1) is 18.9. The molecule has 0 saturated carbocycles. The lowest BCUT2D eigenvalue weighted by molar-refractivity contribution is 0.386. The highest BCUT2D eigenvalue weighted by Gasteiger charge is 2.20. The maximum absolute atomic E-state index is 12.6. The normalized spacial score (nSPS) is 11.5. The summed E-state index contributed by atoms with van der Waals surface area (Å²) in [6, 6.07) is 13.7. The van der Waals surface area contributed by atoms with Crippen LogP contribution in [0.15, 0.2) is 58.2 Å². The molecule has 0 aliphatic carbocycles. The van der Waals surface area contributed by atoms with Gasteiger partial charge in [0.25, 0.3) is 5.56 Å². The molecule has 0 aliphatic heterocycles. The Labute approximate surface area is 157 Å². The van der Waals surface area contributed by atoms with Crippen LogP contribution in [0, 0.1) is 0 Å². The minimum absolute atomic E-state index is 0.0122. The second-order valence-corrected chi connectivity index (χ2v) is 7.61. The van der Waals surface area contributed by atoms with Gasteiger partial charge < -0.3 is 14.5 Å². The van der Waals surface area contributed by atoms with E-state index in [1.54, 1.807) is 12.1 Å². The van der Waals surface area contributed by atoms with E-state index in [1.165, 1.54) is 26.4 Å². The van der Waals surface area contributed by atoms with Gasteiger partial charge in [0.15, 0.2) is 0 Å². The van der Waals surface area contributed by atoms with Crippen molar-refractivity contribution in [2.24, 2.45) is 0 Å². The predicted octanol–water partition coefficient (Wildman–Crippen LogP) is 2.07. The van der Waals surface area contributed by atoms with Gasteiger partial charge in [-0.3, -0.25) is 4.79 Å². The average molecular weight is 388 g/mol. The Morgan fingerprint density at radius 2 is 1.81 bits per heavy atom. The first-order valence-electron chi connectivity index (χ1n) is 8.27. The first-order valence-corrected chi connectivity index (χ1v) is 9.75. The highest BCUT2D eigenvalue weighted by atomic mass is 32.2. The number of methoxy groups -OCH3 is 2. The molecule has 142 valence electrons. The summed E-state index contributed by atoms with van der Waals surface area (Å²) in [6.45, 7) is 0.0823. The van der Waals surface area contributed by atoms with Crippen LogP contribution in [0.25, 0.3) is 10.9 Å². The number of sulfonamides is 1. The number of aromatic amines is 1. The molecule has 8 heteroatoms. The number of pyridine rings is 1. The number of fused-ring (bicyclic) bond motifs is 1. The molecular formula is C19H20N2O5S. The minimum atomic E-state index is -3.80. The summed E-state index contributed by atoms with van der Waals surface area (Å²) in [5, 5.41) is 0.895. The third-order valence-corrected chi connectivity index (χ3v) is 5.68. The number of para-hydroxylation sites is 1. The topological polar surface area (TPSA) is 97.5 Å². The standard InChI is InChI=1S/C19H20N2O5S/c1-25-15-7-8-18(17(12-15)26-2)27(23,24)20-10-9-14-11-13-5-3-4-6-16(13)21-19(14)22/h3-8,11-12,20H,9-10H2,1-2H3,(H,21,22). The molecule has 3 aromatic rings. The van der Waals surface area contributed by atoms with Crippen molar-refractivity contribution in [1.82, 2.24) is 9.71 Å². The van der Waals surface area contributed by atoms with Gasteiger partial charge in [-0.2, -0.15) is 0 Å². The fourth-order valence-electron chi connectivity index (χ4n) is 2.77. The van der Waals surface area contributed by atoms with Crippen molar-refractivity contribution < 1.29 is 17.9 Å². The largest absolute Gasteiger partial charge is 0.497 e. The Bertz CT molecular complexity index is 1120. The van der Waals surface area contributed by atoms with Crippen LogP contribution in [0.3, 0.4) is 0 Å². The molecule has 1 heterocycles. The van der Waals surface area contributed by atoms with E-state index in [4.69, 9.17) is 9.47 Å². The maximum Gasteiger partial charge on any atom is 0.251 e. The summed E-state index contributed by atoms with van der Waals surface area (Å²) in [4.78, 5) is 15.0. The number of ether oxygens (including phenoxy) is 2. The number of rotatable bonds is 7. The van der Waals surface area contributed by atoms with Crippen LogP contribution in [-0.4, -0.2) is 34.2 Å². The SMILES string of the molecule is COc1ccc(S(=O)(=O)NCCc2cc3ccccc3[nH]c2=O)c(OC)c1. The smallest absolute Gasteiger partial charge is 0.251 e. The monoisotopic (exact) mass is 388 g/mol. The van der Waals surface area contributed by atoms with Crippen molar-refractivity contribution in [3.05, 3.63) is 64.4 Å². The third-order valence-electron chi connectivity index (χ3n) is 4.18. The molecule has 2 N–H and O–H groups in total. The highest BCUT2D eigenvalue weighted by molar-refractivity contribution is 7.89. The fourth-order valence-corrected chi connectivity index (χ4v) is 3.95. The molecule has 0 saturated heterocycles. The lowest BCUT2D eigenvalue weighted by atomic mass is 10.1. The van der Waals surface area contributed by atoms with Crippen LogP contribution in [0.5, 0.6) is 11.5 Å². The Balaban J connectivity index is 1.77. The molecule has 0 unspecified atom stereocenters. The van der Waals surface area contributed by atoms with Crippen LogP contribution in [0.2, 0.25) is 0 Å². The lowest BCUT2D eigenvalue weighted by Crippen LogP contribution is -2.28. The van der Waals surface area contributed by atoms with E-state index in [0.29, 0.717) is 11.3 Å². The molecule has 0 amide bonds. The Kier molecular flexibility index (Phi) is 5.48. The van der Waals surface area contributed by atoms with Gasteiger partial charge in [0.2, 0.25) is 10.0 Å². The summed E-state index contributed by atoms with van der Waals surface area (Å²) in [5.74, 6) is 0.680. The van der Waals surface area contributed by atoms with Gasteiger partial charge in [0.05, 0.1) is 14.2 Å². The van der Waals surface area contributed by atoms with Crippen molar-refractivity contribution in [2.75, 3.05) is 20.8 Å². The molecule has 27 heavy (non-hydrogen) atoms. The number of benzene rings is 2. The molecule has 0 fully saturated rings. The number of H-pyrrole nitrogens is 1. The Morgan fingerprint density at radius 1 is 1.04 bits per heavy atom. The van der Waals surface area contributed by atoms with Crippen LogP contribution in [0.1, 0.15) is 5.56 Å². The quantitative estimate of drug-likeness (QED) is 0.646. The van der Waals surface area contributed by atoms with Gasteiger partial charge in [-0.25, -0.2) is 13.1 Å². The van der Waals surface area contributed by atoms with Crippen molar-refractivity contribution in [3.63, 3.8) is 0 Å². The van der Waals surface area contributed by atoms with Gasteiger partial charge in [-0.1, -0.05) is 18.2 Å². The first-order chi connectivity index (χ1) is 12.9. The molecule has 2 aromatic carbocycles. The summed E-state index contributed by atoms with van der Waals surface area (Å²) in [7, 11) is -0.917. The van der Waals surface area contributed by atoms with Crippen molar-refractivity contribution in [1.29, 1.82) is 0 Å². The molecule has 1 aromatic heterocycles. The fraction of sp³-hybridized carbons (Fsp3) is 0.211. The highest BCUT2D eigenvalue weighted by Crippen LogP contribution is 2.28.